The lowest BCUT2D eigenvalue weighted by molar-refractivity contribution is 0.801. The van der Waals surface area contributed by atoms with Crippen molar-refractivity contribution >= 4 is 0 Å². The first-order valence-electron chi connectivity index (χ1n) is 4.77. The Labute approximate surface area is 84.0 Å². The smallest absolute Gasteiger partial charge is 0.0470 e. The fourth-order valence-corrected chi connectivity index (χ4v) is 1.50. The molecule has 0 amide bonds. The summed E-state index contributed by atoms with van der Waals surface area (Å²) in [5.74, 6) is 0. The van der Waals surface area contributed by atoms with Crippen LogP contribution in [0.1, 0.15) is 11.1 Å². The first kappa shape index (κ1) is 9.03. The summed E-state index contributed by atoms with van der Waals surface area (Å²) in [5, 5.41) is 0. The van der Waals surface area contributed by atoms with Crippen molar-refractivity contribution in [1.29, 1.82) is 0 Å². The van der Waals surface area contributed by atoms with Crippen LogP contribution in [-0.2, 0) is 13.1 Å². The second-order valence-corrected chi connectivity index (χ2v) is 3.38. The van der Waals surface area contributed by atoms with Gasteiger partial charge in [-0.05, 0) is 17.2 Å². The van der Waals surface area contributed by atoms with Crippen LogP contribution in [0.25, 0.3) is 0 Å². The molecule has 1 aromatic heterocycles. The van der Waals surface area contributed by atoms with Crippen LogP contribution in [0.5, 0.6) is 0 Å². The molecule has 2 heteroatoms. The van der Waals surface area contributed by atoms with Crippen molar-refractivity contribution in [2.75, 3.05) is 0 Å². The zero-order valence-corrected chi connectivity index (χ0v) is 8.06. The van der Waals surface area contributed by atoms with Crippen LogP contribution in [0.15, 0.2) is 48.8 Å². The maximum atomic E-state index is 5.54. The fraction of sp³-hybridized carbons (Fsp3) is 0.167. The predicted octanol–water partition coefficient (Wildman–Crippen LogP) is 2.00. The Balaban J connectivity index is 2.11. The maximum Gasteiger partial charge on any atom is 0.0470 e. The monoisotopic (exact) mass is 186 g/mol. The van der Waals surface area contributed by atoms with Gasteiger partial charge < -0.3 is 10.3 Å². The van der Waals surface area contributed by atoms with Gasteiger partial charge in [0.1, 0.15) is 0 Å². The highest BCUT2D eigenvalue weighted by Gasteiger charge is 1.95. The van der Waals surface area contributed by atoms with E-state index in [0.717, 1.165) is 6.54 Å². The van der Waals surface area contributed by atoms with E-state index in [9.17, 15) is 0 Å². The molecule has 0 aliphatic rings. The standard InChI is InChI=1S/C12H14N2/c13-8-12-6-7-14(10-12)9-11-4-2-1-3-5-11/h1-7,10H,8-9,13H2. The van der Waals surface area contributed by atoms with Gasteiger partial charge in [-0.2, -0.15) is 0 Å². The van der Waals surface area contributed by atoms with E-state index in [1.165, 1.54) is 11.1 Å². The number of rotatable bonds is 3. The van der Waals surface area contributed by atoms with Crippen molar-refractivity contribution in [3.8, 4) is 0 Å². The zero-order valence-electron chi connectivity index (χ0n) is 8.06. The van der Waals surface area contributed by atoms with Gasteiger partial charge in [-0.25, -0.2) is 0 Å². The number of hydrogen-bond acceptors (Lipinski definition) is 1. The predicted molar refractivity (Wildman–Crippen MR) is 57.9 cm³/mol. The third kappa shape index (κ3) is 2.03. The lowest BCUT2D eigenvalue weighted by Crippen LogP contribution is -1.97. The van der Waals surface area contributed by atoms with Crippen LogP contribution in [0.3, 0.4) is 0 Å². The van der Waals surface area contributed by atoms with Crippen molar-refractivity contribution in [2.45, 2.75) is 13.1 Å². The third-order valence-electron chi connectivity index (χ3n) is 2.26. The highest BCUT2D eigenvalue weighted by molar-refractivity contribution is 5.17. The lowest BCUT2D eigenvalue weighted by Gasteiger charge is -2.02. The molecule has 1 aromatic carbocycles. The lowest BCUT2D eigenvalue weighted by atomic mass is 10.2. The molecule has 1 heterocycles. The minimum Gasteiger partial charge on any atom is -0.350 e. The SMILES string of the molecule is NCc1ccn(Cc2ccccc2)c1. The molecule has 0 radical (unpaired) electrons. The van der Waals surface area contributed by atoms with Crippen molar-refractivity contribution in [3.05, 3.63) is 59.9 Å². The molecule has 0 spiro atoms. The Morgan fingerprint density at radius 3 is 2.43 bits per heavy atom. The summed E-state index contributed by atoms with van der Waals surface area (Å²) in [6.45, 7) is 1.53. The van der Waals surface area contributed by atoms with Crippen LogP contribution in [0, 0.1) is 0 Å². The van der Waals surface area contributed by atoms with Gasteiger partial charge in [0, 0.05) is 25.5 Å². The van der Waals surface area contributed by atoms with Crippen molar-refractivity contribution in [1.82, 2.24) is 4.57 Å². The van der Waals surface area contributed by atoms with E-state index in [1.54, 1.807) is 0 Å². The summed E-state index contributed by atoms with van der Waals surface area (Å²) in [6, 6.07) is 12.5. The summed E-state index contributed by atoms with van der Waals surface area (Å²) in [7, 11) is 0. The Kier molecular flexibility index (Phi) is 2.65. The molecular formula is C12H14N2. The van der Waals surface area contributed by atoms with E-state index in [4.69, 9.17) is 5.73 Å². The van der Waals surface area contributed by atoms with E-state index in [0.29, 0.717) is 6.54 Å². The molecule has 2 N–H and O–H groups in total. The molecule has 0 aliphatic carbocycles. The molecule has 72 valence electrons. The molecule has 0 aliphatic heterocycles. The average molecular weight is 186 g/mol. The average Bonchev–Trinajstić information content (AvgIpc) is 2.67. The van der Waals surface area contributed by atoms with Crippen molar-refractivity contribution in [2.24, 2.45) is 5.73 Å². The largest absolute Gasteiger partial charge is 0.350 e. The highest BCUT2D eigenvalue weighted by Crippen LogP contribution is 2.05. The highest BCUT2D eigenvalue weighted by atomic mass is 14.9. The van der Waals surface area contributed by atoms with E-state index >= 15 is 0 Å². The van der Waals surface area contributed by atoms with Crippen LogP contribution >= 0.6 is 0 Å². The number of nitrogens with two attached hydrogens (primary N) is 1. The van der Waals surface area contributed by atoms with Gasteiger partial charge in [-0.15, -0.1) is 0 Å². The maximum absolute atomic E-state index is 5.54. The minimum atomic E-state index is 0.613. The topological polar surface area (TPSA) is 30.9 Å². The second-order valence-electron chi connectivity index (χ2n) is 3.38. The van der Waals surface area contributed by atoms with Crippen LogP contribution in [0.2, 0.25) is 0 Å². The molecule has 2 nitrogen and oxygen atoms in total. The summed E-state index contributed by atoms with van der Waals surface area (Å²) in [5.41, 5.74) is 8.04. The summed E-state index contributed by atoms with van der Waals surface area (Å²) < 4.78 is 2.15. The van der Waals surface area contributed by atoms with Gasteiger partial charge in [-0.1, -0.05) is 30.3 Å². The van der Waals surface area contributed by atoms with Gasteiger partial charge in [-0.3, -0.25) is 0 Å². The van der Waals surface area contributed by atoms with Crippen LogP contribution in [0.4, 0.5) is 0 Å². The molecule has 0 bridgehead atoms. The molecule has 14 heavy (non-hydrogen) atoms. The minimum absolute atomic E-state index is 0.613. The molecule has 2 rings (SSSR count). The molecule has 0 saturated carbocycles. The van der Waals surface area contributed by atoms with Gasteiger partial charge in [0.05, 0.1) is 0 Å². The summed E-state index contributed by atoms with van der Waals surface area (Å²) in [6.07, 6.45) is 4.15. The molecule has 0 saturated heterocycles. The number of nitrogens with zero attached hydrogens (tertiary/aromatic N) is 1. The van der Waals surface area contributed by atoms with Gasteiger partial charge in [0.15, 0.2) is 0 Å². The van der Waals surface area contributed by atoms with Crippen molar-refractivity contribution in [3.63, 3.8) is 0 Å². The number of benzene rings is 1. The first-order chi connectivity index (χ1) is 6.88. The molecular weight excluding hydrogens is 172 g/mol. The second kappa shape index (κ2) is 4.11. The number of aromatic nitrogens is 1. The Bertz CT molecular complexity index is 390. The van der Waals surface area contributed by atoms with Gasteiger partial charge >= 0.3 is 0 Å². The summed E-state index contributed by atoms with van der Waals surface area (Å²) in [4.78, 5) is 0. The summed E-state index contributed by atoms with van der Waals surface area (Å²) >= 11 is 0. The molecule has 0 unspecified atom stereocenters. The molecule has 0 atom stereocenters. The fourth-order valence-electron chi connectivity index (χ4n) is 1.50. The molecule has 0 fully saturated rings. The van der Waals surface area contributed by atoms with Crippen LogP contribution in [-0.4, -0.2) is 4.57 Å². The van der Waals surface area contributed by atoms with Gasteiger partial charge in [0.25, 0.3) is 0 Å². The Morgan fingerprint density at radius 2 is 1.79 bits per heavy atom. The van der Waals surface area contributed by atoms with E-state index < -0.39 is 0 Å². The Morgan fingerprint density at radius 1 is 1.00 bits per heavy atom. The van der Waals surface area contributed by atoms with E-state index in [1.807, 2.05) is 6.07 Å². The number of hydrogen-bond donors (Lipinski definition) is 1. The van der Waals surface area contributed by atoms with Crippen LogP contribution < -0.4 is 5.73 Å². The quantitative estimate of drug-likeness (QED) is 0.781. The third-order valence-corrected chi connectivity index (χ3v) is 2.26. The van der Waals surface area contributed by atoms with Crippen molar-refractivity contribution < 1.29 is 0 Å². The van der Waals surface area contributed by atoms with E-state index in [2.05, 4.69) is 47.3 Å². The van der Waals surface area contributed by atoms with E-state index in [-0.39, 0.29) is 0 Å². The van der Waals surface area contributed by atoms with Gasteiger partial charge in [0.2, 0.25) is 0 Å². The first-order valence-corrected chi connectivity index (χ1v) is 4.77. The Hall–Kier alpha value is -1.54. The molecule has 2 aromatic rings. The zero-order chi connectivity index (χ0) is 9.80. The normalized spacial score (nSPS) is 10.4.